The topological polar surface area (TPSA) is 64.6 Å². The lowest BCUT2D eigenvalue weighted by Crippen LogP contribution is -2.29. The van der Waals surface area contributed by atoms with Crippen LogP contribution in [0.15, 0.2) is 41.8 Å². The number of anilines is 1. The van der Waals surface area contributed by atoms with E-state index in [9.17, 15) is 9.59 Å². The van der Waals surface area contributed by atoms with Crippen LogP contribution in [0, 0.1) is 0 Å². The van der Waals surface area contributed by atoms with Gasteiger partial charge in [-0.3, -0.25) is 4.79 Å². The first-order valence-electron chi connectivity index (χ1n) is 6.30. The average Bonchev–Trinajstić information content (AvgIpc) is 3.02. The number of benzene rings is 1. The van der Waals surface area contributed by atoms with E-state index in [1.807, 2.05) is 0 Å². The summed E-state index contributed by atoms with van der Waals surface area (Å²) in [5.41, 5.74) is 0.532. The van der Waals surface area contributed by atoms with Gasteiger partial charge in [0.15, 0.2) is 6.10 Å². The molecule has 0 radical (unpaired) electrons. The number of methoxy groups -OCH3 is 1. The maximum atomic E-state index is 12.0. The average molecular weight is 305 g/mol. The summed E-state index contributed by atoms with van der Waals surface area (Å²) in [7, 11) is 1.52. The van der Waals surface area contributed by atoms with Gasteiger partial charge in [0, 0.05) is 0 Å². The second-order valence-electron chi connectivity index (χ2n) is 4.21. The number of amides is 1. The van der Waals surface area contributed by atoms with Gasteiger partial charge in [-0.15, -0.1) is 11.3 Å². The summed E-state index contributed by atoms with van der Waals surface area (Å²) < 4.78 is 10.3. The number of rotatable bonds is 5. The van der Waals surface area contributed by atoms with Crippen molar-refractivity contribution in [1.82, 2.24) is 0 Å². The maximum Gasteiger partial charge on any atom is 0.349 e. The van der Waals surface area contributed by atoms with E-state index in [1.165, 1.54) is 25.4 Å². The van der Waals surface area contributed by atoms with Gasteiger partial charge in [0.25, 0.3) is 5.91 Å². The van der Waals surface area contributed by atoms with Crippen molar-refractivity contribution >= 4 is 28.9 Å². The number of hydrogen-bond donors (Lipinski definition) is 1. The molecule has 21 heavy (non-hydrogen) atoms. The van der Waals surface area contributed by atoms with Crippen molar-refractivity contribution in [2.45, 2.75) is 13.0 Å². The monoisotopic (exact) mass is 305 g/mol. The highest BCUT2D eigenvalue weighted by Gasteiger charge is 2.20. The summed E-state index contributed by atoms with van der Waals surface area (Å²) in [6.07, 6.45) is -0.899. The van der Waals surface area contributed by atoms with Crippen molar-refractivity contribution in [3.05, 3.63) is 46.7 Å². The zero-order valence-electron chi connectivity index (χ0n) is 11.7. The number of para-hydroxylation sites is 2. The lowest BCUT2D eigenvalue weighted by atomic mass is 10.2. The van der Waals surface area contributed by atoms with Gasteiger partial charge < -0.3 is 14.8 Å². The van der Waals surface area contributed by atoms with Crippen LogP contribution in [0.5, 0.6) is 5.75 Å². The summed E-state index contributed by atoms with van der Waals surface area (Å²) >= 11 is 1.27. The Hall–Kier alpha value is -2.34. The molecule has 1 aromatic heterocycles. The molecule has 1 unspecified atom stereocenters. The molecule has 0 spiro atoms. The molecule has 6 heteroatoms. The Morgan fingerprint density at radius 2 is 1.95 bits per heavy atom. The molecule has 5 nitrogen and oxygen atoms in total. The van der Waals surface area contributed by atoms with Gasteiger partial charge >= 0.3 is 5.97 Å². The van der Waals surface area contributed by atoms with Crippen LogP contribution in [-0.4, -0.2) is 25.1 Å². The van der Waals surface area contributed by atoms with Crippen LogP contribution in [-0.2, 0) is 9.53 Å². The molecule has 1 amide bonds. The Morgan fingerprint density at radius 3 is 2.62 bits per heavy atom. The van der Waals surface area contributed by atoms with Crippen LogP contribution >= 0.6 is 11.3 Å². The molecule has 0 aliphatic rings. The summed E-state index contributed by atoms with van der Waals surface area (Å²) in [6, 6.07) is 10.4. The Labute approximate surface area is 126 Å². The Balaban J connectivity index is 1.98. The number of hydrogen-bond acceptors (Lipinski definition) is 5. The van der Waals surface area contributed by atoms with Crippen molar-refractivity contribution in [2.24, 2.45) is 0 Å². The van der Waals surface area contributed by atoms with Gasteiger partial charge in [0.05, 0.1) is 12.8 Å². The molecule has 0 fully saturated rings. The third kappa shape index (κ3) is 3.82. The quantitative estimate of drug-likeness (QED) is 0.863. The summed E-state index contributed by atoms with van der Waals surface area (Å²) in [6.45, 7) is 1.52. The van der Waals surface area contributed by atoms with Gasteiger partial charge in [-0.25, -0.2) is 4.79 Å². The van der Waals surface area contributed by atoms with Crippen molar-refractivity contribution in [3.8, 4) is 5.75 Å². The van der Waals surface area contributed by atoms with Gasteiger partial charge in [-0.2, -0.15) is 0 Å². The maximum absolute atomic E-state index is 12.0. The second-order valence-corrected chi connectivity index (χ2v) is 5.16. The molecule has 2 aromatic rings. The minimum absolute atomic E-state index is 0.413. The lowest BCUT2D eigenvalue weighted by molar-refractivity contribution is -0.123. The predicted molar refractivity (Wildman–Crippen MR) is 80.8 cm³/mol. The number of carbonyl (C=O) groups is 2. The fourth-order valence-electron chi connectivity index (χ4n) is 1.65. The first kappa shape index (κ1) is 15.1. The molecule has 1 heterocycles. The SMILES string of the molecule is COc1ccccc1NC(=O)C(C)OC(=O)c1cccs1. The Morgan fingerprint density at radius 1 is 1.19 bits per heavy atom. The third-order valence-corrected chi connectivity index (χ3v) is 3.59. The molecule has 0 bridgehead atoms. The van der Waals surface area contributed by atoms with E-state index in [0.717, 1.165) is 0 Å². The molecule has 1 aromatic carbocycles. The molecule has 2 rings (SSSR count). The first-order valence-corrected chi connectivity index (χ1v) is 7.18. The van der Waals surface area contributed by atoms with E-state index in [-0.39, 0.29) is 0 Å². The molecular formula is C15H15NO4S. The molecule has 0 saturated carbocycles. The largest absolute Gasteiger partial charge is 0.495 e. The van der Waals surface area contributed by atoms with E-state index in [2.05, 4.69) is 5.32 Å². The van der Waals surface area contributed by atoms with E-state index in [4.69, 9.17) is 9.47 Å². The normalized spacial score (nSPS) is 11.5. The van der Waals surface area contributed by atoms with E-state index < -0.39 is 18.0 Å². The second kappa shape index (κ2) is 6.90. The van der Waals surface area contributed by atoms with E-state index >= 15 is 0 Å². The van der Waals surface area contributed by atoms with Crippen LogP contribution in [0.2, 0.25) is 0 Å². The molecule has 1 atom stereocenters. The van der Waals surface area contributed by atoms with Crippen molar-refractivity contribution in [2.75, 3.05) is 12.4 Å². The number of carbonyl (C=O) groups excluding carboxylic acids is 2. The molecule has 1 N–H and O–H groups in total. The molecule has 0 saturated heterocycles. The first-order chi connectivity index (χ1) is 10.1. The number of nitrogens with one attached hydrogen (secondary N) is 1. The van der Waals surface area contributed by atoms with Crippen LogP contribution in [0.3, 0.4) is 0 Å². The van der Waals surface area contributed by atoms with Crippen LogP contribution < -0.4 is 10.1 Å². The minimum Gasteiger partial charge on any atom is -0.495 e. The van der Waals surface area contributed by atoms with Crippen LogP contribution in [0.4, 0.5) is 5.69 Å². The van der Waals surface area contributed by atoms with E-state index in [1.54, 1.807) is 41.8 Å². The fourth-order valence-corrected chi connectivity index (χ4v) is 2.25. The third-order valence-electron chi connectivity index (χ3n) is 2.74. The summed E-state index contributed by atoms with van der Waals surface area (Å²) in [5.74, 6) is -0.375. The standard InChI is InChI=1S/C15H15NO4S/c1-10(20-15(18)13-8-5-9-21-13)14(17)16-11-6-3-4-7-12(11)19-2/h3-10H,1-2H3,(H,16,17). The number of esters is 1. The highest BCUT2D eigenvalue weighted by Crippen LogP contribution is 2.23. The highest BCUT2D eigenvalue weighted by molar-refractivity contribution is 7.11. The van der Waals surface area contributed by atoms with Crippen molar-refractivity contribution in [3.63, 3.8) is 0 Å². The van der Waals surface area contributed by atoms with Gasteiger partial charge in [0.2, 0.25) is 0 Å². The summed E-state index contributed by atoms with van der Waals surface area (Å²) in [5, 5.41) is 4.45. The smallest absolute Gasteiger partial charge is 0.349 e. The predicted octanol–water partition coefficient (Wildman–Crippen LogP) is 2.94. The number of thiophene rings is 1. The highest BCUT2D eigenvalue weighted by atomic mass is 32.1. The van der Waals surface area contributed by atoms with Gasteiger partial charge in [-0.05, 0) is 30.5 Å². The summed E-state index contributed by atoms with van der Waals surface area (Å²) in [4.78, 5) is 24.3. The van der Waals surface area contributed by atoms with E-state index in [0.29, 0.717) is 16.3 Å². The Kier molecular flexibility index (Phi) is 4.94. The van der Waals surface area contributed by atoms with Gasteiger partial charge in [-0.1, -0.05) is 18.2 Å². The lowest BCUT2D eigenvalue weighted by Gasteiger charge is -2.14. The van der Waals surface area contributed by atoms with Crippen LogP contribution in [0.1, 0.15) is 16.6 Å². The van der Waals surface area contributed by atoms with Gasteiger partial charge in [0.1, 0.15) is 10.6 Å². The van der Waals surface area contributed by atoms with Crippen molar-refractivity contribution < 1.29 is 19.1 Å². The molecular weight excluding hydrogens is 290 g/mol. The minimum atomic E-state index is -0.899. The van der Waals surface area contributed by atoms with Crippen molar-refractivity contribution in [1.29, 1.82) is 0 Å². The molecule has 0 aliphatic heterocycles. The zero-order valence-corrected chi connectivity index (χ0v) is 12.5. The molecule has 110 valence electrons. The Bertz CT molecular complexity index is 624. The molecule has 0 aliphatic carbocycles. The number of ether oxygens (including phenoxy) is 2. The zero-order chi connectivity index (χ0) is 15.2. The fraction of sp³-hybridized carbons (Fsp3) is 0.200. The van der Waals surface area contributed by atoms with Crippen LogP contribution in [0.25, 0.3) is 0 Å².